The average molecular weight is 740 g/mol. The molecule has 0 bridgehead atoms. The van der Waals surface area contributed by atoms with Gasteiger partial charge in [0.2, 0.25) is 33.0 Å². The van der Waals surface area contributed by atoms with Crippen LogP contribution < -0.4 is 10.6 Å². The maximum Gasteiger partial charge on any atom is 0.232 e. The summed E-state index contributed by atoms with van der Waals surface area (Å²) in [5.41, 5.74) is 1.40. The molecule has 0 saturated carbocycles. The summed E-state index contributed by atoms with van der Waals surface area (Å²) in [5.74, 6) is -2.08. The Morgan fingerprint density at radius 1 is 0.360 bits per heavy atom. The highest BCUT2D eigenvalue weighted by Crippen LogP contribution is 2.44. The van der Waals surface area contributed by atoms with Crippen molar-refractivity contribution >= 4 is 92.8 Å². The number of anilines is 4. The van der Waals surface area contributed by atoms with Crippen LogP contribution in [0.3, 0.4) is 0 Å². The number of carbonyl (C=O) groups excluding carboxylic acids is 4. The summed E-state index contributed by atoms with van der Waals surface area (Å²) in [6.07, 6.45) is 0. The minimum absolute atomic E-state index is 0.0111. The third-order valence-corrected chi connectivity index (χ3v) is 8.77. The largest absolute Gasteiger partial charge is 0.323 e. The molecule has 6 aromatic rings. The zero-order valence-corrected chi connectivity index (χ0v) is 27.8. The van der Waals surface area contributed by atoms with E-state index in [1.807, 2.05) is 0 Å². The van der Waals surface area contributed by atoms with Crippen LogP contribution in [0, 0.1) is 0 Å². The Hall–Kier alpha value is -5.66. The third kappa shape index (κ3) is 5.17. The number of halogens is 4. The van der Waals surface area contributed by atoms with Gasteiger partial charge in [-0.25, -0.2) is 0 Å². The number of hydrogen-bond acceptors (Lipinski definition) is 12. The van der Waals surface area contributed by atoms with E-state index in [2.05, 4.69) is 40.5 Å². The second-order valence-electron chi connectivity index (χ2n) is 10.9. The second-order valence-corrected chi connectivity index (χ2v) is 12.2. The quantitative estimate of drug-likeness (QED) is 0.180. The van der Waals surface area contributed by atoms with Crippen LogP contribution in [0.1, 0.15) is 63.7 Å². The van der Waals surface area contributed by atoms with Gasteiger partial charge in [-0.2, -0.15) is 29.9 Å². The van der Waals surface area contributed by atoms with E-state index in [-0.39, 0.29) is 100 Å². The maximum atomic E-state index is 14.4. The Kier molecular flexibility index (Phi) is 7.61. The van der Waals surface area contributed by atoms with Crippen LogP contribution >= 0.6 is 46.4 Å². The molecule has 2 aromatic heterocycles. The lowest BCUT2D eigenvalue weighted by atomic mass is 9.75. The van der Waals surface area contributed by atoms with Crippen molar-refractivity contribution in [3.63, 3.8) is 0 Å². The summed E-state index contributed by atoms with van der Waals surface area (Å²) in [6, 6.07) is 19.0. The number of nitrogens with zero attached hydrogens (tertiary/aromatic N) is 6. The van der Waals surface area contributed by atoms with E-state index in [0.717, 1.165) is 0 Å². The first-order valence-corrected chi connectivity index (χ1v) is 16.0. The maximum absolute atomic E-state index is 14.4. The van der Waals surface area contributed by atoms with E-state index in [1.54, 1.807) is 60.7 Å². The average Bonchev–Trinajstić information content (AvgIpc) is 3.08. The Labute approximate surface area is 300 Å². The molecule has 0 fully saturated rings. The lowest BCUT2D eigenvalue weighted by Crippen LogP contribution is -2.25. The molecular weight excluding hydrogens is 726 g/mol. The number of benzene rings is 4. The summed E-state index contributed by atoms with van der Waals surface area (Å²) >= 11 is 24.0. The first kappa shape index (κ1) is 31.6. The van der Waals surface area contributed by atoms with Gasteiger partial charge in [-0.3, -0.25) is 19.2 Å². The summed E-state index contributed by atoms with van der Waals surface area (Å²) in [6.45, 7) is 0. The number of hydrogen-bond donors (Lipinski definition) is 2. The molecule has 0 radical (unpaired) electrons. The normalized spacial score (nSPS) is 13.0. The first-order valence-electron chi connectivity index (χ1n) is 14.5. The SMILES string of the molecule is O=C1c2ccccc2C(=O)c2c(-c3ccc(Nc4nc(Cl)nc(Cl)n4)c4c3C(=O)c3ccccc3C4=O)ccc(Nc3nc(Cl)nc(Cl)n3)c21. The van der Waals surface area contributed by atoms with Crippen LogP contribution in [0.5, 0.6) is 0 Å². The van der Waals surface area contributed by atoms with Gasteiger partial charge in [0.1, 0.15) is 0 Å². The fraction of sp³-hybridized carbons (Fsp3) is 0. The lowest BCUT2D eigenvalue weighted by molar-refractivity contribution is 0.0978. The molecule has 4 aromatic carbocycles. The number of ketones is 4. The number of fused-ring (bicyclic) bond motifs is 4. The van der Waals surface area contributed by atoms with E-state index < -0.39 is 23.1 Å². The molecule has 12 nitrogen and oxygen atoms in total. The predicted octanol–water partition coefficient (Wildman–Crippen LogP) is 7.38. The highest BCUT2D eigenvalue weighted by Gasteiger charge is 2.38. The molecule has 242 valence electrons. The van der Waals surface area contributed by atoms with E-state index in [4.69, 9.17) is 46.4 Å². The van der Waals surface area contributed by atoms with Crippen LogP contribution in [0.2, 0.25) is 21.1 Å². The standard InChI is InChI=1S/C34H14Cl4N8O4/c35-29-41-30(36)44-33(43-29)39-19-11-9-13(21-23(19)27(49)17-7-3-1-5-15(17)25(21)47)14-10-12-20(40-34-45-31(37)42-32(38)46-34)24-22(14)26(48)16-6-2-4-8-18(16)28(24)50/h1-12H,(H,39,41,43,44)(H,40,42,45,46). The van der Waals surface area contributed by atoms with Crippen LogP contribution in [0.25, 0.3) is 11.1 Å². The molecule has 0 atom stereocenters. The van der Waals surface area contributed by atoms with Gasteiger partial charge in [0.05, 0.1) is 22.5 Å². The van der Waals surface area contributed by atoms with Crippen molar-refractivity contribution in [3.8, 4) is 11.1 Å². The highest BCUT2D eigenvalue weighted by atomic mass is 35.5. The highest BCUT2D eigenvalue weighted by molar-refractivity contribution is 6.35. The first-order chi connectivity index (χ1) is 24.1. The van der Waals surface area contributed by atoms with Gasteiger partial charge in [0, 0.05) is 33.4 Å². The summed E-state index contributed by atoms with van der Waals surface area (Å²) in [7, 11) is 0. The molecule has 0 aliphatic heterocycles. The zero-order valence-electron chi connectivity index (χ0n) is 24.8. The molecule has 2 N–H and O–H groups in total. The molecular formula is C34H14Cl4N8O4. The Balaban J connectivity index is 1.38. The lowest BCUT2D eigenvalue weighted by Gasteiger charge is -2.26. The van der Waals surface area contributed by atoms with Gasteiger partial charge in [-0.05, 0) is 69.7 Å². The van der Waals surface area contributed by atoms with Gasteiger partial charge in [-0.15, -0.1) is 0 Å². The van der Waals surface area contributed by atoms with Crippen LogP contribution in [-0.4, -0.2) is 53.0 Å². The van der Waals surface area contributed by atoms with Crippen molar-refractivity contribution in [2.75, 3.05) is 10.6 Å². The van der Waals surface area contributed by atoms with Gasteiger partial charge in [-0.1, -0.05) is 60.7 Å². The van der Waals surface area contributed by atoms with Gasteiger partial charge in [0.25, 0.3) is 0 Å². The van der Waals surface area contributed by atoms with Crippen LogP contribution in [0.4, 0.5) is 23.3 Å². The Bertz CT molecular complexity index is 2330. The van der Waals surface area contributed by atoms with E-state index in [0.29, 0.717) is 0 Å². The van der Waals surface area contributed by atoms with Crippen molar-refractivity contribution in [3.05, 3.63) is 138 Å². The fourth-order valence-corrected chi connectivity index (χ4v) is 6.83. The van der Waals surface area contributed by atoms with Crippen molar-refractivity contribution in [1.29, 1.82) is 0 Å². The molecule has 2 heterocycles. The van der Waals surface area contributed by atoms with Crippen molar-refractivity contribution in [2.45, 2.75) is 0 Å². The summed E-state index contributed by atoms with van der Waals surface area (Å²) < 4.78 is 0. The minimum Gasteiger partial charge on any atom is -0.323 e. The molecule has 0 unspecified atom stereocenters. The molecule has 2 aliphatic carbocycles. The van der Waals surface area contributed by atoms with Crippen molar-refractivity contribution in [1.82, 2.24) is 29.9 Å². The van der Waals surface area contributed by atoms with Gasteiger partial charge >= 0.3 is 0 Å². The number of rotatable bonds is 5. The number of carbonyl (C=O) groups is 4. The topological polar surface area (TPSA) is 170 Å². The number of aromatic nitrogens is 6. The molecule has 2 aliphatic rings. The third-order valence-electron chi connectivity index (χ3n) is 8.10. The van der Waals surface area contributed by atoms with E-state index in [9.17, 15) is 19.2 Å². The van der Waals surface area contributed by atoms with Gasteiger partial charge in [0.15, 0.2) is 23.1 Å². The molecule has 0 saturated heterocycles. The molecule has 8 rings (SSSR count). The second kappa shape index (κ2) is 12.0. The van der Waals surface area contributed by atoms with E-state index in [1.165, 1.54) is 12.1 Å². The smallest absolute Gasteiger partial charge is 0.232 e. The Morgan fingerprint density at radius 3 is 0.980 bits per heavy atom. The molecule has 0 spiro atoms. The number of nitrogens with one attached hydrogen (secondary N) is 2. The summed E-state index contributed by atoms with van der Waals surface area (Å²) in [5, 5.41) is 5.08. The van der Waals surface area contributed by atoms with Crippen LogP contribution in [-0.2, 0) is 0 Å². The monoisotopic (exact) mass is 738 g/mol. The summed E-state index contributed by atoms with van der Waals surface area (Å²) in [4.78, 5) is 80.7. The van der Waals surface area contributed by atoms with Gasteiger partial charge < -0.3 is 10.6 Å². The Morgan fingerprint density at radius 2 is 0.660 bits per heavy atom. The van der Waals surface area contributed by atoms with Crippen LogP contribution in [0.15, 0.2) is 72.8 Å². The van der Waals surface area contributed by atoms with Crippen molar-refractivity contribution < 1.29 is 19.2 Å². The predicted molar refractivity (Wildman–Crippen MR) is 185 cm³/mol. The zero-order chi connectivity index (χ0) is 34.8. The molecule has 0 amide bonds. The van der Waals surface area contributed by atoms with E-state index >= 15 is 0 Å². The molecule has 16 heteroatoms. The fourth-order valence-electron chi connectivity index (χ4n) is 6.11. The van der Waals surface area contributed by atoms with Crippen molar-refractivity contribution in [2.24, 2.45) is 0 Å². The minimum atomic E-state index is -0.485. The molecule has 50 heavy (non-hydrogen) atoms.